The molecule has 1 N–H and O–H groups in total. The summed E-state index contributed by atoms with van der Waals surface area (Å²) in [6.07, 6.45) is 5.55. The third-order valence-electron chi connectivity index (χ3n) is 6.97. The van der Waals surface area contributed by atoms with E-state index in [2.05, 4.69) is 9.97 Å². The number of pyridine rings is 1. The molecule has 1 fully saturated rings. The van der Waals surface area contributed by atoms with Crippen LogP contribution in [0.25, 0.3) is 21.2 Å². The largest absolute Gasteiger partial charge is 1.00 e. The fourth-order valence-electron chi connectivity index (χ4n) is 5.39. The number of aromatic nitrogens is 3. The molecule has 4 atom stereocenters. The standard InChI is InChI=1S/C25H20N4O5S.Na/c1-11-17(21(25(33)34)29-20(11)18(12(2)30)23(29)32)16-9-28-10-27-19(24(28)35-16)22(31)15-8-26-7-13-5-3-4-6-14(13)15;/h3-12,18,20,30H,1-2H3,(H,33,34);/q;+1/p-1/t11-,12+,18+,20+;/m0./s1. The van der Waals surface area contributed by atoms with Crippen LogP contribution in [0.5, 0.6) is 0 Å². The zero-order valence-corrected chi connectivity index (χ0v) is 22.5. The van der Waals surface area contributed by atoms with Gasteiger partial charge in [0.2, 0.25) is 11.7 Å². The number of carboxylic acids is 1. The van der Waals surface area contributed by atoms with E-state index >= 15 is 0 Å². The van der Waals surface area contributed by atoms with Crippen molar-refractivity contribution in [2.24, 2.45) is 11.8 Å². The summed E-state index contributed by atoms with van der Waals surface area (Å²) >= 11 is 1.23. The number of rotatable bonds is 5. The monoisotopic (exact) mass is 510 g/mol. The topological polar surface area (TPSA) is 128 Å². The second kappa shape index (κ2) is 8.89. The Morgan fingerprint density at radius 2 is 1.97 bits per heavy atom. The molecule has 1 aromatic carbocycles. The van der Waals surface area contributed by atoms with Crippen molar-refractivity contribution in [3.63, 3.8) is 0 Å². The fourth-order valence-corrected chi connectivity index (χ4v) is 6.60. The van der Waals surface area contributed by atoms with E-state index in [1.54, 1.807) is 16.8 Å². The smallest absolute Gasteiger partial charge is 0.543 e. The van der Waals surface area contributed by atoms with Crippen LogP contribution in [0.4, 0.5) is 0 Å². The average molecular weight is 511 g/mol. The van der Waals surface area contributed by atoms with Crippen molar-refractivity contribution < 1.29 is 54.2 Å². The number of aliphatic carboxylic acids is 1. The number of carboxylic acid groups (broad SMARTS) is 1. The van der Waals surface area contributed by atoms with Gasteiger partial charge in [-0.3, -0.25) is 19.0 Å². The summed E-state index contributed by atoms with van der Waals surface area (Å²) in [5, 5.41) is 23.8. The van der Waals surface area contributed by atoms with Crippen molar-refractivity contribution in [2.45, 2.75) is 26.0 Å². The van der Waals surface area contributed by atoms with Crippen molar-refractivity contribution >= 4 is 50.2 Å². The zero-order chi connectivity index (χ0) is 24.6. The molecule has 2 aliphatic rings. The van der Waals surface area contributed by atoms with Gasteiger partial charge in [-0.15, -0.1) is 11.3 Å². The number of benzene rings is 1. The van der Waals surface area contributed by atoms with E-state index in [4.69, 9.17) is 0 Å². The summed E-state index contributed by atoms with van der Waals surface area (Å²) in [4.78, 5) is 49.1. The predicted octanol–water partition coefficient (Wildman–Crippen LogP) is -1.50. The molecular weight excluding hydrogens is 491 g/mol. The molecular formula is C25H19N4NaO5S. The van der Waals surface area contributed by atoms with Crippen LogP contribution in [0.3, 0.4) is 0 Å². The van der Waals surface area contributed by atoms with Gasteiger partial charge in [-0.2, -0.15) is 0 Å². The number of amides is 1. The number of hydrogen-bond donors (Lipinski definition) is 1. The van der Waals surface area contributed by atoms with E-state index in [-0.39, 0.29) is 52.6 Å². The maximum absolute atomic E-state index is 13.5. The second-order valence-electron chi connectivity index (χ2n) is 8.94. The van der Waals surface area contributed by atoms with E-state index in [0.29, 0.717) is 20.8 Å². The number of carbonyl (C=O) groups excluding carboxylic acids is 3. The van der Waals surface area contributed by atoms with Gasteiger partial charge in [0.25, 0.3) is 0 Å². The third-order valence-corrected chi connectivity index (χ3v) is 8.11. The molecule has 6 rings (SSSR count). The molecule has 0 spiro atoms. The molecule has 176 valence electrons. The van der Waals surface area contributed by atoms with Crippen molar-refractivity contribution in [1.29, 1.82) is 0 Å². The molecule has 3 aromatic heterocycles. The maximum atomic E-state index is 13.5. The van der Waals surface area contributed by atoms with E-state index in [0.717, 1.165) is 10.8 Å². The predicted molar refractivity (Wildman–Crippen MR) is 125 cm³/mol. The van der Waals surface area contributed by atoms with Crippen LogP contribution < -0.4 is 34.7 Å². The second-order valence-corrected chi connectivity index (χ2v) is 9.97. The van der Waals surface area contributed by atoms with Crippen LogP contribution in [0.1, 0.15) is 34.8 Å². The molecule has 2 aliphatic heterocycles. The van der Waals surface area contributed by atoms with Crippen LogP contribution in [0.2, 0.25) is 0 Å². The van der Waals surface area contributed by atoms with Gasteiger partial charge in [0.1, 0.15) is 16.9 Å². The Morgan fingerprint density at radius 3 is 2.69 bits per heavy atom. The van der Waals surface area contributed by atoms with Gasteiger partial charge in [-0.1, -0.05) is 31.2 Å². The van der Waals surface area contributed by atoms with Gasteiger partial charge in [-0.05, 0) is 12.3 Å². The molecule has 9 nitrogen and oxygen atoms in total. The van der Waals surface area contributed by atoms with E-state index in [1.165, 1.54) is 35.7 Å². The molecule has 0 unspecified atom stereocenters. The summed E-state index contributed by atoms with van der Waals surface area (Å²) in [5.41, 5.74) is 0.956. The first-order chi connectivity index (χ1) is 16.8. The number of aliphatic hydroxyl groups excluding tert-OH is 1. The van der Waals surface area contributed by atoms with Crippen LogP contribution in [-0.2, 0) is 9.59 Å². The Hall–Kier alpha value is -2.89. The fraction of sp³-hybridized carbons (Fsp3) is 0.240. The number of aliphatic hydroxyl groups is 1. The van der Waals surface area contributed by atoms with E-state index in [1.807, 2.05) is 31.2 Å². The first kappa shape index (κ1) is 24.8. The molecule has 0 bridgehead atoms. The number of ketones is 1. The number of carbonyl (C=O) groups is 3. The van der Waals surface area contributed by atoms with Gasteiger partial charge in [0.15, 0.2) is 0 Å². The minimum absolute atomic E-state index is 0. The van der Waals surface area contributed by atoms with Crippen molar-refractivity contribution in [3.05, 3.63) is 71.0 Å². The van der Waals surface area contributed by atoms with Crippen LogP contribution in [-0.4, -0.2) is 54.2 Å². The molecule has 4 aromatic rings. The molecule has 1 saturated heterocycles. The van der Waals surface area contributed by atoms with Crippen LogP contribution in [0.15, 0.2) is 54.9 Å². The summed E-state index contributed by atoms with van der Waals surface area (Å²) < 4.78 is 1.68. The SMILES string of the molecule is C[C@@H](O)[C@H]1C(=O)N2C(C(=O)[O-])=C(c3cn4cnc(C(=O)c5cncc6ccccc56)c4s3)[C@H](C)[C@H]12.[Na+]. The first-order valence-corrected chi connectivity index (χ1v) is 11.9. The third kappa shape index (κ3) is 3.40. The maximum Gasteiger partial charge on any atom is 1.00 e. The van der Waals surface area contributed by atoms with Crippen molar-refractivity contribution in [1.82, 2.24) is 19.3 Å². The minimum Gasteiger partial charge on any atom is -0.543 e. The Balaban J connectivity index is 0.00000267. The number of fused-ring (bicyclic) bond motifs is 3. The Kier molecular flexibility index (Phi) is 6.12. The average Bonchev–Trinajstić information content (AvgIpc) is 3.47. The summed E-state index contributed by atoms with van der Waals surface area (Å²) in [6.45, 7) is 3.37. The molecule has 0 aliphatic carbocycles. The van der Waals surface area contributed by atoms with Gasteiger partial charge in [0, 0.05) is 35.5 Å². The summed E-state index contributed by atoms with van der Waals surface area (Å²) in [7, 11) is 0. The Bertz CT molecular complexity index is 1600. The normalized spacial score (nSPS) is 21.9. The van der Waals surface area contributed by atoms with Gasteiger partial charge < -0.3 is 19.9 Å². The van der Waals surface area contributed by atoms with Gasteiger partial charge in [-0.25, -0.2) is 4.98 Å². The number of hydrogen-bond acceptors (Lipinski definition) is 8. The number of thiazole rings is 1. The number of imidazole rings is 1. The molecule has 0 saturated carbocycles. The Labute approximate surface area is 231 Å². The molecule has 0 radical (unpaired) electrons. The van der Waals surface area contributed by atoms with Crippen LogP contribution in [0, 0.1) is 11.8 Å². The molecule has 1 amide bonds. The summed E-state index contributed by atoms with van der Waals surface area (Å²) in [6, 6.07) is 7.01. The van der Waals surface area contributed by atoms with Gasteiger partial charge in [0.05, 0.1) is 40.2 Å². The number of nitrogens with zero attached hydrogens (tertiary/aromatic N) is 4. The summed E-state index contributed by atoms with van der Waals surface area (Å²) in [5.74, 6) is -3.15. The van der Waals surface area contributed by atoms with Crippen molar-refractivity contribution in [2.75, 3.05) is 0 Å². The molecule has 5 heterocycles. The van der Waals surface area contributed by atoms with Crippen molar-refractivity contribution in [3.8, 4) is 0 Å². The van der Waals surface area contributed by atoms with Gasteiger partial charge >= 0.3 is 29.6 Å². The molecule has 11 heteroatoms. The van der Waals surface area contributed by atoms with E-state index < -0.39 is 29.9 Å². The Morgan fingerprint density at radius 1 is 1.22 bits per heavy atom. The zero-order valence-electron chi connectivity index (χ0n) is 19.7. The number of β-lactam (4-membered cyclic amide) rings is 1. The van der Waals surface area contributed by atoms with E-state index in [9.17, 15) is 24.6 Å². The quantitative estimate of drug-likeness (QED) is 0.197. The first-order valence-electron chi connectivity index (χ1n) is 11.1. The van der Waals surface area contributed by atoms with Crippen LogP contribution >= 0.6 is 11.3 Å². The molecule has 36 heavy (non-hydrogen) atoms. The minimum atomic E-state index is -1.44.